The standard InChI is InChI=1S/C22H21N7OS/c1-13-4-6-16(7-5-13)24-19-12-14(2)23-22(27-19)26-18-10-8-17(9-11-18)25-21(30)20-15(3)28-29-31-20/h4-12H,1-3H3,(H,25,30)(H2,23,24,26,27). The number of hydrogen-bond acceptors (Lipinski definition) is 8. The molecule has 8 nitrogen and oxygen atoms in total. The first-order valence-corrected chi connectivity index (χ1v) is 10.4. The van der Waals surface area contributed by atoms with Crippen molar-refractivity contribution in [3.63, 3.8) is 0 Å². The SMILES string of the molecule is Cc1ccc(Nc2cc(C)nc(Nc3ccc(NC(=O)c4snnc4C)cc3)n2)cc1. The summed E-state index contributed by atoms with van der Waals surface area (Å²) < 4.78 is 3.79. The minimum Gasteiger partial charge on any atom is -0.340 e. The van der Waals surface area contributed by atoms with Crippen LogP contribution >= 0.6 is 11.5 Å². The summed E-state index contributed by atoms with van der Waals surface area (Å²) in [5, 5.41) is 13.2. The van der Waals surface area contributed by atoms with Gasteiger partial charge in [0.2, 0.25) is 5.95 Å². The lowest BCUT2D eigenvalue weighted by molar-refractivity contribution is 0.103. The summed E-state index contributed by atoms with van der Waals surface area (Å²) in [6.07, 6.45) is 0. The first-order chi connectivity index (χ1) is 15.0. The second-order valence-electron chi connectivity index (χ2n) is 7.05. The lowest BCUT2D eigenvalue weighted by atomic mass is 10.2. The van der Waals surface area contributed by atoms with E-state index in [0.717, 1.165) is 28.6 Å². The van der Waals surface area contributed by atoms with Gasteiger partial charge in [0.15, 0.2) is 0 Å². The van der Waals surface area contributed by atoms with Gasteiger partial charge in [-0.2, -0.15) is 4.98 Å². The maximum Gasteiger partial charge on any atom is 0.269 e. The van der Waals surface area contributed by atoms with Crippen LogP contribution in [0.4, 0.5) is 28.8 Å². The largest absolute Gasteiger partial charge is 0.340 e. The molecule has 4 aromatic rings. The van der Waals surface area contributed by atoms with Gasteiger partial charge in [0.25, 0.3) is 5.91 Å². The molecule has 0 radical (unpaired) electrons. The van der Waals surface area contributed by atoms with Crippen LogP contribution in [-0.4, -0.2) is 25.5 Å². The first-order valence-electron chi connectivity index (χ1n) is 9.63. The summed E-state index contributed by atoms with van der Waals surface area (Å²) in [5.41, 5.74) is 5.10. The molecule has 0 saturated heterocycles. The minimum atomic E-state index is -0.220. The molecule has 2 heterocycles. The minimum absolute atomic E-state index is 0.220. The number of aryl methyl sites for hydroxylation is 3. The van der Waals surface area contributed by atoms with Crippen molar-refractivity contribution in [3.05, 3.63) is 76.4 Å². The molecule has 156 valence electrons. The van der Waals surface area contributed by atoms with Gasteiger partial charge in [0, 0.05) is 28.8 Å². The zero-order valence-corrected chi connectivity index (χ0v) is 18.1. The number of benzene rings is 2. The molecule has 2 aromatic heterocycles. The Bertz CT molecular complexity index is 1200. The van der Waals surface area contributed by atoms with E-state index < -0.39 is 0 Å². The van der Waals surface area contributed by atoms with Gasteiger partial charge in [-0.25, -0.2) is 4.98 Å². The molecule has 0 aliphatic carbocycles. The van der Waals surface area contributed by atoms with E-state index in [4.69, 9.17) is 0 Å². The van der Waals surface area contributed by atoms with Crippen molar-refractivity contribution < 1.29 is 4.79 Å². The van der Waals surface area contributed by atoms with Crippen LogP contribution in [0.15, 0.2) is 54.6 Å². The molecule has 0 aliphatic rings. The topological polar surface area (TPSA) is 105 Å². The van der Waals surface area contributed by atoms with Crippen molar-refractivity contribution >= 4 is 46.3 Å². The second-order valence-corrected chi connectivity index (χ2v) is 7.81. The van der Waals surface area contributed by atoms with E-state index in [9.17, 15) is 4.79 Å². The van der Waals surface area contributed by atoms with Crippen LogP contribution < -0.4 is 16.0 Å². The smallest absolute Gasteiger partial charge is 0.269 e. The van der Waals surface area contributed by atoms with Crippen LogP contribution in [0.3, 0.4) is 0 Å². The molecule has 0 unspecified atom stereocenters. The number of rotatable bonds is 6. The molecule has 0 fully saturated rings. The van der Waals surface area contributed by atoms with E-state index in [1.165, 1.54) is 5.56 Å². The summed E-state index contributed by atoms with van der Waals surface area (Å²) in [5.74, 6) is 0.969. The Morgan fingerprint density at radius 1 is 0.839 bits per heavy atom. The molecule has 0 spiro atoms. The van der Waals surface area contributed by atoms with Gasteiger partial charge in [-0.3, -0.25) is 4.79 Å². The van der Waals surface area contributed by atoms with Crippen molar-refractivity contribution in [1.29, 1.82) is 0 Å². The monoisotopic (exact) mass is 431 g/mol. The highest BCUT2D eigenvalue weighted by Gasteiger charge is 2.13. The number of carbonyl (C=O) groups is 1. The molecule has 0 aliphatic heterocycles. The Morgan fingerprint density at radius 2 is 1.48 bits per heavy atom. The number of carbonyl (C=O) groups excluding carboxylic acids is 1. The van der Waals surface area contributed by atoms with Crippen LogP contribution in [0.5, 0.6) is 0 Å². The van der Waals surface area contributed by atoms with E-state index in [0.29, 0.717) is 28.0 Å². The molecule has 0 saturated carbocycles. The number of nitrogens with zero attached hydrogens (tertiary/aromatic N) is 4. The molecular weight excluding hydrogens is 410 g/mol. The van der Waals surface area contributed by atoms with Crippen molar-refractivity contribution in [2.75, 3.05) is 16.0 Å². The fourth-order valence-corrected chi connectivity index (χ4v) is 3.42. The summed E-state index contributed by atoms with van der Waals surface area (Å²) in [6.45, 7) is 5.73. The van der Waals surface area contributed by atoms with E-state index in [1.54, 1.807) is 6.92 Å². The third kappa shape index (κ3) is 5.20. The van der Waals surface area contributed by atoms with Crippen molar-refractivity contribution in [3.8, 4) is 0 Å². The molecule has 4 rings (SSSR count). The highest BCUT2D eigenvalue weighted by Crippen LogP contribution is 2.21. The summed E-state index contributed by atoms with van der Waals surface area (Å²) in [4.78, 5) is 21.8. The first kappa shape index (κ1) is 20.4. The average molecular weight is 432 g/mol. The number of aromatic nitrogens is 4. The number of nitrogens with one attached hydrogen (secondary N) is 3. The quantitative estimate of drug-likeness (QED) is 0.395. The lowest BCUT2D eigenvalue weighted by Crippen LogP contribution is -2.11. The number of anilines is 5. The van der Waals surface area contributed by atoms with Crippen molar-refractivity contribution in [1.82, 2.24) is 19.6 Å². The Kier molecular flexibility index (Phi) is 5.85. The van der Waals surface area contributed by atoms with Gasteiger partial charge in [0.05, 0.1) is 5.69 Å². The van der Waals surface area contributed by atoms with E-state index >= 15 is 0 Å². The van der Waals surface area contributed by atoms with Crippen LogP contribution in [0, 0.1) is 20.8 Å². The highest BCUT2D eigenvalue weighted by molar-refractivity contribution is 7.08. The molecule has 31 heavy (non-hydrogen) atoms. The average Bonchev–Trinajstić information content (AvgIpc) is 3.17. The van der Waals surface area contributed by atoms with Crippen LogP contribution in [0.1, 0.15) is 26.6 Å². The number of hydrogen-bond donors (Lipinski definition) is 3. The Hall–Kier alpha value is -3.85. The number of amides is 1. The summed E-state index contributed by atoms with van der Waals surface area (Å²) in [6, 6.07) is 17.3. The third-order valence-electron chi connectivity index (χ3n) is 4.43. The second kappa shape index (κ2) is 8.88. The predicted molar refractivity (Wildman–Crippen MR) is 124 cm³/mol. The Morgan fingerprint density at radius 3 is 2.16 bits per heavy atom. The summed E-state index contributed by atoms with van der Waals surface area (Å²) >= 11 is 1.08. The van der Waals surface area contributed by atoms with Crippen LogP contribution in [-0.2, 0) is 0 Å². The van der Waals surface area contributed by atoms with Gasteiger partial charge >= 0.3 is 0 Å². The van der Waals surface area contributed by atoms with Gasteiger partial charge in [-0.15, -0.1) is 5.10 Å². The van der Waals surface area contributed by atoms with Gasteiger partial charge in [-0.05, 0) is 68.7 Å². The summed E-state index contributed by atoms with van der Waals surface area (Å²) in [7, 11) is 0. The fourth-order valence-electron chi connectivity index (χ4n) is 2.87. The van der Waals surface area contributed by atoms with E-state index in [1.807, 2.05) is 61.5 Å². The van der Waals surface area contributed by atoms with Crippen LogP contribution in [0.2, 0.25) is 0 Å². The molecule has 0 atom stereocenters. The normalized spacial score (nSPS) is 10.5. The predicted octanol–water partition coefficient (Wildman–Crippen LogP) is 4.99. The van der Waals surface area contributed by atoms with Crippen LogP contribution in [0.25, 0.3) is 0 Å². The van der Waals surface area contributed by atoms with Gasteiger partial charge in [0.1, 0.15) is 10.7 Å². The van der Waals surface area contributed by atoms with E-state index in [2.05, 4.69) is 42.4 Å². The molecule has 0 bridgehead atoms. The third-order valence-corrected chi connectivity index (χ3v) is 5.26. The Labute approximate surface area is 184 Å². The molecule has 1 amide bonds. The molecule has 9 heteroatoms. The van der Waals surface area contributed by atoms with Crippen molar-refractivity contribution in [2.45, 2.75) is 20.8 Å². The Balaban J connectivity index is 1.44. The zero-order valence-electron chi connectivity index (χ0n) is 17.3. The van der Waals surface area contributed by atoms with E-state index in [-0.39, 0.29) is 5.91 Å². The van der Waals surface area contributed by atoms with Gasteiger partial charge < -0.3 is 16.0 Å². The lowest BCUT2D eigenvalue weighted by Gasteiger charge is -2.11. The zero-order chi connectivity index (χ0) is 21.8. The maximum absolute atomic E-state index is 12.3. The molecular formula is C22H21N7OS. The molecule has 3 N–H and O–H groups in total. The van der Waals surface area contributed by atoms with Crippen molar-refractivity contribution in [2.24, 2.45) is 0 Å². The molecule has 2 aromatic carbocycles. The van der Waals surface area contributed by atoms with Gasteiger partial charge in [-0.1, -0.05) is 22.2 Å². The highest BCUT2D eigenvalue weighted by atomic mass is 32.1. The fraction of sp³-hybridized carbons (Fsp3) is 0.136. The maximum atomic E-state index is 12.3.